The molecule has 0 radical (unpaired) electrons. The number of hydrogen-bond donors (Lipinski definition) is 1. The number of anilines is 1. The number of ether oxygens (including phenoxy) is 1. The number of hydrogen-bond acceptors (Lipinski definition) is 4. The Hall–Kier alpha value is -2.83. The van der Waals surface area contributed by atoms with Crippen molar-refractivity contribution >= 4 is 24.0 Å². The second-order valence-corrected chi connectivity index (χ2v) is 7.26. The van der Waals surface area contributed by atoms with Crippen LogP contribution in [0, 0.1) is 0 Å². The predicted octanol–water partition coefficient (Wildman–Crippen LogP) is 4.09. The lowest BCUT2D eigenvalue weighted by atomic mass is 10.1. The fourth-order valence-corrected chi connectivity index (χ4v) is 3.66. The fraction of sp³-hybridized carbons (Fsp3) is 0.304. The molecule has 158 valence electrons. The average Bonchev–Trinajstić information content (AvgIpc) is 3.29. The van der Waals surface area contributed by atoms with Gasteiger partial charge in [-0.05, 0) is 55.3 Å². The lowest BCUT2D eigenvalue weighted by Crippen LogP contribution is -2.33. The molecular formula is C23H27ClN4O2. The van der Waals surface area contributed by atoms with Gasteiger partial charge in [-0.1, -0.05) is 30.3 Å². The summed E-state index contributed by atoms with van der Waals surface area (Å²) in [6, 6.07) is 19.7. The van der Waals surface area contributed by atoms with Gasteiger partial charge in [0.25, 0.3) is 5.91 Å². The van der Waals surface area contributed by atoms with Crippen molar-refractivity contribution in [2.75, 3.05) is 25.1 Å². The highest BCUT2D eigenvalue weighted by Gasteiger charge is 2.23. The fourth-order valence-electron chi connectivity index (χ4n) is 3.66. The summed E-state index contributed by atoms with van der Waals surface area (Å²) in [4.78, 5) is 15.2. The number of carbonyl (C=O) groups excluding carboxylic acids is 1. The number of methoxy groups -OCH3 is 1. The van der Waals surface area contributed by atoms with Crippen LogP contribution in [0.4, 0.5) is 5.69 Å². The predicted molar refractivity (Wildman–Crippen MR) is 121 cm³/mol. The van der Waals surface area contributed by atoms with Gasteiger partial charge in [-0.2, -0.15) is 5.10 Å². The zero-order valence-electron chi connectivity index (χ0n) is 17.0. The standard InChI is InChI=1S/C23H26N4O2.ClH/c1-29-21-11-9-19(10-12-21)26(17-18-6-3-2-4-7-18)23(28)22-13-15-27(25-22)20-8-5-14-24-16-20;/h2-4,6-7,9-13,15,20,24H,5,8,14,16-17H2,1H3;1H. The molecule has 3 aromatic rings. The van der Waals surface area contributed by atoms with Crippen molar-refractivity contribution in [1.29, 1.82) is 0 Å². The molecule has 30 heavy (non-hydrogen) atoms. The number of nitrogens with zero attached hydrogens (tertiary/aromatic N) is 3. The Kier molecular flexibility index (Phi) is 7.49. The highest BCUT2D eigenvalue weighted by molar-refractivity contribution is 6.04. The first kappa shape index (κ1) is 21.9. The first-order valence-electron chi connectivity index (χ1n) is 10.0. The SMILES string of the molecule is COc1ccc(N(Cc2ccccc2)C(=O)c2ccn(C3CCCNC3)n2)cc1.Cl. The van der Waals surface area contributed by atoms with Gasteiger partial charge in [0.05, 0.1) is 19.7 Å². The highest BCUT2D eigenvalue weighted by Crippen LogP contribution is 2.24. The molecule has 7 heteroatoms. The number of nitrogens with one attached hydrogen (secondary N) is 1. The summed E-state index contributed by atoms with van der Waals surface area (Å²) in [5, 5.41) is 8.01. The summed E-state index contributed by atoms with van der Waals surface area (Å²) >= 11 is 0. The van der Waals surface area contributed by atoms with Crippen LogP contribution in [-0.2, 0) is 6.54 Å². The van der Waals surface area contributed by atoms with Crippen LogP contribution in [0.15, 0.2) is 66.9 Å². The highest BCUT2D eigenvalue weighted by atomic mass is 35.5. The zero-order valence-corrected chi connectivity index (χ0v) is 17.8. The van der Waals surface area contributed by atoms with Gasteiger partial charge in [0.1, 0.15) is 5.75 Å². The van der Waals surface area contributed by atoms with Crippen molar-refractivity contribution < 1.29 is 9.53 Å². The Labute approximate surface area is 183 Å². The number of aromatic nitrogens is 2. The molecule has 1 saturated heterocycles. The van der Waals surface area contributed by atoms with E-state index in [1.54, 1.807) is 12.0 Å². The maximum Gasteiger partial charge on any atom is 0.279 e. The molecule has 0 aliphatic carbocycles. The minimum Gasteiger partial charge on any atom is -0.497 e. The van der Waals surface area contributed by atoms with Crippen LogP contribution in [0.1, 0.15) is 34.9 Å². The lowest BCUT2D eigenvalue weighted by molar-refractivity contribution is 0.0979. The first-order valence-corrected chi connectivity index (χ1v) is 10.0. The van der Waals surface area contributed by atoms with Gasteiger partial charge in [-0.3, -0.25) is 9.48 Å². The van der Waals surface area contributed by atoms with Crippen molar-refractivity contribution in [3.8, 4) is 5.75 Å². The van der Waals surface area contributed by atoms with Gasteiger partial charge in [-0.15, -0.1) is 12.4 Å². The van der Waals surface area contributed by atoms with Crippen LogP contribution in [-0.4, -0.2) is 35.9 Å². The Balaban J connectivity index is 0.00000256. The lowest BCUT2D eigenvalue weighted by Gasteiger charge is -2.24. The summed E-state index contributed by atoms with van der Waals surface area (Å²) in [6.45, 7) is 2.41. The quantitative estimate of drug-likeness (QED) is 0.645. The minimum atomic E-state index is -0.110. The second kappa shape index (κ2) is 10.3. The zero-order chi connectivity index (χ0) is 20.1. The van der Waals surface area contributed by atoms with E-state index >= 15 is 0 Å². The number of amides is 1. The second-order valence-electron chi connectivity index (χ2n) is 7.26. The van der Waals surface area contributed by atoms with Gasteiger partial charge in [0, 0.05) is 18.4 Å². The van der Waals surface area contributed by atoms with E-state index in [1.165, 1.54) is 0 Å². The van der Waals surface area contributed by atoms with E-state index in [0.717, 1.165) is 42.9 Å². The molecule has 0 bridgehead atoms. The van der Waals surface area contributed by atoms with Crippen molar-refractivity contribution in [3.05, 3.63) is 78.1 Å². The molecule has 0 spiro atoms. The smallest absolute Gasteiger partial charge is 0.279 e. The van der Waals surface area contributed by atoms with E-state index in [9.17, 15) is 4.79 Å². The van der Waals surface area contributed by atoms with E-state index in [-0.39, 0.29) is 18.3 Å². The summed E-state index contributed by atoms with van der Waals surface area (Å²) in [7, 11) is 1.63. The van der Waals surface area contributed by atoms with E-state index in [0.29, 0.717) is 18.3 Å². The Morgan fingerprint density at radius 1 is 1.17 bits per heavy atom. The van der Waals surface area contributed by atoms with E-state index < -0.39 is 0 Å². The first-order chi connectivity index (χ1) is 14.2. The van der Waals surface area contributed by atoms with Crippen molar-refractivity contribution in [3.63, 3.8) is 0 Å². The Morgan fingerprint density at radius 2 is 1.93 bits per heavy atom. The topological polar surface area (TPSA) is 59.4 Å². The van der Waals surface area contributed by atoms with Gasteiger partial charge >= 0.3 is 0 Å². The molecule has 1 N–H and O–H groups in total. The van der Waals surface area contributed by atoms with Crippen molar-refractivity contribution in [2.45, 2.75) is 25.4 Å². The monoisotopic (exact) mass is 426 g/mol. The maximum atomic E-state index is 13.4. The molecule has 1 fully saturated rings. The molecule has 1 aliphatic rings. The number of halogens is 1. The summed E-state index contributed by atoms with van der Waals surface area (Å²) in [6.07, 6.45) is 4.12. The number of rotatable bonds is 6. The maximum absolute atomic E-state index is 13.4. The van der Waals surface area contributed by atoms with Crippen LogP contribution in [0.25, 0.3) is 0 Å². The van der Waals surface area contributed by atoms with E-state index in [1.807, 2.05) is 71.5 Å². The third-order valence-electron chi connectivity index (χ3n) is 5.29. The van der Waals surface area contributed by atoms with Gasteiger partial charge in [-0.25, -0.2) is 0 Å². The largest absolute Gasteiger partial charge is 0.497 e. The van der Waals surface area contributed by atoms with E-state index in [4.69, 9.17) is 4.74 Å². The molecule has 1 atom stereocenters. The number of piperidine rings is 1. The third kappa shape index (κ3) is 5.01. The molecule has 1 aromatic heterocycles. The third-order valence-corrected chi connectivity index (χ3v) is 5.29. The van der Waals surface area contributed by atoms with Crippen molar-refractivity contribution in [1.82, 2.24) is 15.1 Å². The molecule has 1 unspecified atom stereocenters. The number of carbonyl (C=O) groups is 1. The molecule has 0 saturated carbocycles. The molecular weight excluding hydrogens is 400 g/mol. The number of benzene rings is 2. The molecule has 2 aromatic carbocycles. The summed E-state index contributed by atoms with van der Waals surface area (Å²) in [5.41, 5.74) is 2.34. The Morgan fingerprint density at radius 3 is 2.60 bits per heavy atom. The Bertz CT molecular complexity index is 937. The van der Waals surface area contributed by atoms with Crippen LogP contribution in [0.5, 0.6) is 5.75 Å². The minimum absolute atomic E-state index is 0. The van der Waals surface area contributed by atoms with Crippen LogP contribution < -0.4 is 15.0 Å². The molecule has 4 rings (SSSR count). The van der Waals surface area contributed by atoms with E-state index in [2.05, 4.69) is 10.4 Å². The summed E-state index contributed by atoms with van der Waals surface area (Å²) in [5.74, 6) is 0.650. The molecule has 1 amide bonds. The van der Waals surface area contributed by atoms with Gasteiger partial charge in [0.15, 0.2) is 5.69 Å². The normalized spacial score (nSPS) is 15.8. The van der Waals surface area contributed by atoms with Crippen LogP contribution in [0.2, 0.25) is 0 Å². The van der Waals surface area contributed by atoms with Crippen LogP contribution in [0.3, 0.4) is 0 Å². The van der Waals surface area contributed by atoms with Crippen molar-refractivity contribution in [2.24, 2.45) is 0 Å². The van der Waals surface area contributed by atoms with Gasteiger partial charge < -0.3 is 15.0 Å². The summed E-state index contributed by atoms with van der Waals surface area (Å²) < 4.78 is 7.18. The van der Waals surface area contributed by atoms with Crippen LogP contribution >= 0.6 is 12.4 Å². The van der Waals surface area contributed by atoms with Gasteiger partial charge in [0.2, 0.25) is 0 Å². The molecule has 6 nitrogen and oxygen atoms in total. The molecule has 1 aliphatic heterocycles. The molecule has 2 heterocycles. The average molecular weight is 427 g/mol.